The van der Waals surface area contributed by atoms with Gasteiger partial charge >= 0.3 is 0 Å². The molecule has 9 heteroatoms. The van der Waals surface area contributed by atoms with Gasteiger partial charge in [-0.2, -0.15) is 5.10 Å². The van der Waals surface area contributed by atoms with Gasteiger partial charge in [0.05, 0.1) is 42.1 Å². The number of aromatic nitrogens is 3. The van der Waals surface area contributed by atoms with E-state index in [0.717, 1.165) is 24.3 Å². The van der Waals surface area contributed by atoms with Crippen LogP contribution >= 0.6 is 0 Å². The molecule has 0 saturated carbocycles. The van der Waals surface area contributed by atoms with Crippen LogP contribution in [0, 0.1) is 6.92 Å². The lowest BCUT2D eigenvalue weighted by atomic mass is 10.0. The Kier molecular flexibility index (Phi) is 6.87. The van der Waals surface area contributed by atoms with Crippen molar-refractivity contribution in [2.24, 2.45) is 7.05 Å². The number of hydrogen-bond donors (Lipinski definition) is 1. The maximum absolute atomic E-state index is 13.6. The van der Waals surface area contributed by atoms with E-state index in [1.165, 1.54) is 4.90 Å². The fraction of sp³-hybridized carbons (Fsp3) is 0.286. The van der Waals surface area contributed by atoms with Crippen LogP contribution in [-0.4, -0.2) is 71.4 Å². The lowest BCUT2D eigenvalue weighted by Gasteiger charge is -2.28. The number of pyridine rings is 1. The van der Waals surface area contributed by atoms with Gasteiger partial charge in [0.1, 0.15) is 0 Å². The highest BCUT2D eigenvalue weighted by Gasteiger charge is 2.23. The predicted molar refractivity (Wildman–Crippen MR) is 144 cm³/mol. The topological polar surface area (TPSA) is 92.6 Å². The molecule has 1 aliphatic heterocycles. The number of hydrogen-bond acceptors (Lipinski definition) is 6. The van der Waals surface area contributed by atoms with Crippen molar-refractivity contribution < 1.29 is 14.3 Å². The largest absolute Gasteiger partial charge is 0.378 e. The average molecular weight is 499 g/mol. The van der Waals surface area contributed by atoms with E-state index in [9.17, 15) is 9.59 Å². The van der Waals surface area contributed by atoms with Gasteiger partial charge in [0.25, 0.3) is 5.91 Å². The van der Waals surface area contributed by atoms with E-state index < -0.39 is 0 Å². The molecule has 5 rings (SSSR count). The first-order valence-electron chi connectivity index (χ1n) is 12.3. The number of amides is 2. The van der Waals surface area contributed by atoms with Crippen LogP contribution in [0.15, 0.2) is 60.7 Å². The fourth-order valence-electron chi connectivity index (χ4n) is 4.64. The normalized spacial score (nSPS) is 13.5. The zero-order chi connectivity index (χ0) is 25.9. The molecule has 1 N–H and O–H groups in total. The highest BCUT2D eigenvalue weighted by Crippen LogP contribution is 2.27. The molecule has 0 unspecified atom stereocenters. The second-order valence-electron chi connectivity index (χ2n) is 9.18. The van der Waals surface area contributed by atoms with Crippen molar-refractivity contribution in [3.05, 3.63) is 71.9 Å². The Hall–Kier alpha value is -4.24. The fourth-order valence-corrected chi connectivity index (χ4v) is 4.64. The van der Waals surface area contributed by atoms with E-state index in [-0.39, 0.29) is 18.4 Å². The van der Waals surface area contributed by atoms with Crippen molar-refractivity contribution in [1.29, 1.82) is 0 Å². The summed E-state index contributed by atoms with van der Waals surface area (Å²) in [5.74, 6) is -0.537. The molecule has 1 aliphatic rings. The van der Waals surface area contributed by atoms with Crippen molar-refractivity contribution >= 4 is 34.2 Å². The van der Waals surface area contributed by atoms with E-state index in [2.05, 4.69) is 15.3 Å². The number of aryl methyl sites for hydroxylation is 2. The third kappa shape index (κ3) is 5.17. The minimum Gasteiger partial charge on any atom is -0.378 e. The number of likely N-dealkylation sites (N-methyl/N-ethyl adjacent to an activating group) is 1. The zero-order valence-corrected chi connectivity index (χ0v) is 21.3. The maximum atomic E-state index is 13.6. The van der Waals surface area contributed by atoms with Crippen molar-refractivity contribution in [1.82, 2.24) is 19.7 Å². The summed E-state index contributed by atoms with van der Waals surface area (Å²) in [6.07, 6.45) is 0. The van der Waals surface area contributed by atoms with Crippen LogP contribution < -0.4 is 10.2 Å². The lowest BCUT2D eigenvalue weighted by Crippen LogP contribution is -2.36. The Morgan fingerprint density at radius 3 is 2.46 bits per heavy atom. The van der Waals surface area contributed by atoms with Gasteiger partial charge in [0, 0.05) is 44.1 Å². The summed E-state index contributed by atoms with van der Waals surface area (Å²) >= 11 is 0. The molecule has 9 nitrogen and oxygen atoms in total. The Balaban J connectivity index is 1.33. The summed E-state index contributed by atoms with van der Waals surface area (Å²) in [7, 11) is 3.44. The molecule has 2 aromatic heterocycles. The summed E-state index contributed by atoms with van der Waals surface area (Å²) < 4.78 is 7.09. The van der Waals surface area contributed by atoms with Crippen LogP contribution in [0.5, 0.6) is 0 Å². The number of carbonyl (C=O) groups is 2. The van der Waals surface area contributed by atoms with Crippen molar-refractivity contribution in [2.45, 2.75) is 6.92 Å². The smallest absolute Gasteiger partial charge is 0.254 e. The molecule has 0 atom stereocenters. The van der Waals surface area contributed by atoms with E-state index in [0.29, 0.717) is 46.9 Å². The van der Waals surface area contributed by atoms with E-state index in [1.807, 2.05) is 68.6 Å². The van der Waals surface area contributed by atoms with Gasteiger partial charge in [0.15, 0.2) is 5.65 Å². The first-order chi connectivity index (χ1) is 17.9. The molecule has 0 aliphatic carbocycles. The Bertz CT molecular complexity index is 1430. The standard InChI is InChI=1S/C28H30N6O3/c1-19-26-23(17-24(20-7-5-4-6-8-20)30-27(26)33(3)31-19)28(36)32(2)18-25(35)29-21-9-11-22(12-10-21)34-13-15-37-16-14-34/h4-12,17H,13-16,18H2,1-3H3,(H,29,35). The van der Waals surface area contributed by atoms with E-state index >= 15 is 0 Å². The third-order valence-corrected chi connectivity index (χ3v) is 6.52. The quantitative estimate of drug-likeness (QED) is 0.438. The molecular formula is C28H30N6O3. The number of ether oxygens (including phenoxy) is 1. The van der Waals surface area contributed by atoms with E-state index in [1.54, 1.807) is 17.8 Å². The van der Waals surface area contributed by atoms with Gasteiger partial charge in [-0.05, 0) is 37.3 Å². The number of carbonyl (C=O) groups excluding carboxylic acids is 2. The van der Waals surface area contributed by atoms with Gasteiger partial charge in [0.2, 0.25) is 5.91 Å². The second kappa shape index (κ2) is 10.4. The monoisotopic (exact) mass is 498 g/mol. The minimum atomic E-state index is -0.272. The van der Waals surface area contributed by atoms with E-state index in [4.69, 9.17) is 9.72 Å². The Labute approximate surface area is 215 Å². The minimum absolute atomic E-state index is 0.0894. The van der Waals surface area contributed by atoms with Gasteiger partial charge in [-0.3, -0.25) is 14.3 Å². The van der Waals surface area contributed by atoms with Crippen molar-refractivity contribution in [2.75, 3.05) is 50.1 Å². The Morgan fingerprint density at radius 1 is 1.05 bits per heavy atom. The summed E-state index contributed by atoms with van der Waals surface area (Å²) in [6.45, 7) is 4.90. The highest BCUT2D eigenvalue weighted by atomic mass is 16.5. The zero-order valence-electron chi connectivity index (χ0n) is 21.3. The van der Waals surface area contributed by atoms with Gasteiger partial charge in [-0.15, -0.1) is 0 Å². The number of nitrogens with zero attached hydrogens (tertiary/aromatic N) is 5. The molecule has 190 valence electrons. The molecule has 2 aromatic carbocycles. The molecule has 3 heterocycles. The summed E-state index contributed by atoms with van der Waals surface area (Å²) in [4.78, 5) is 34.8. The van der Waals surface area contributed by atoms with Crippen LogP contribution in [0.1, 0.15) is 16.1 Å². The first-order valence-corrected chi connectivity index (χ1v) is 12.3. The maximum Gasteiger partial charge on any atom is 0.254 e. The molecule has 0 radical (unpaired) electrons. The number of benzene rings is 2. The molecular weight excluding hydrogens is 468 g/mol. The predicted octanol–water partition coefficient (Wildman–Crippen LogP) is 3.49. The number of morpholine rings is 1. The molecule has 0 spiro atoms. The number of fused-ring (bicyclic) bond motifs is 1. The van der Waals surface area contributed by atoms with Crippen LogP contribution in [0.4, 0.5) is 11.4 Å². The molecule has 0 bridgehead atoms. The summed E-state index contributed by atoms with van der Waals surface area (Å²) in [5, 5.41) is 8.07. The van der Waals surface area contributed by atoms with Crippen LogP contribution in [0.25, 0.3) is 22.3 Å². The second-order valence-corrected chi connectivity index (χ2v) is 9.18. The Morgan fingerprint density at radius 2 is 1.76 bits per heavy atom. The SMILES string of the molecule is Cc1nn(C)c2nc(-c3ccccc3)cc(C(=O)N(C)CC(=O)Nc3ccc(N4CCOCC4)cc3)c12. The molecule has 1 fully saturated rings. The number of anilines is 2. The number of nitrogens with one attached hydrogen (secondary N) is 1. The van der Waals surface area contributed by atoms with Gasteiger partial charge in [-0.1, -0.05) is 30.3 Å². The number of rotatable bonds is 6. The molecule has 37 heavy (non-hydrogen) atoms. The average Bonchev–Trinajstić information content (AvgIpc) is 3.22. The van der Waals surface area contributed by atoms with Crippen LogP contribution in [0.3, 0.4) is 0 Å². The summed E-state index contributed by atoms with van der Waals surface area (Å²) in [5.41, 5.74) is 5.17. The molecule has 4 aromatic rings. The third-order valence-electron chi connectivity index (χ3n) is 6.52. The molecule has 2 amide bonds. The van der Waals surface area contributed by atoms with Crippen LogP contribution in [0.2, 0.25) is 0 Å². The lowest BCUT2D eigenvalue weighted by molar-refractivity contribution is -0.116. The summed E-state index contributed by atoms with van der Waals surface area (Å²) in [6, 6.07) is 19.2. The molecule has 1 saturated heterocycles. The van der Waals surface area contributed by atoms with Gasteiger partial charge < -0.3 is 19.9 Å². The van der Waals surface area contributed by atoms with Crippen LogP contribution in [-0.2, 0) is 16.6 Å². The first kappa shape index (κ1) is 24.5. The van der Waals surface area contributed by atoms with Gasteiger partial charge in [-0.25, -0.2) is 4.98 Å². The highest BCUT2D eigenvalue weighted by molar-refractivity contribution is 6.08. The van der Waals surface area contributed by atoms with Crippen molar-refractivity contribution in [3.8, 4) is 11.3 Å². The van der Waals surface area contributed by atoms with Crippen molar-refractivity contribution in [3.63, 3.8) is 0 Å².